The van der Waals surface area contributed by atoms with Crippen molar-refractivity contribution >= 4 is 11.8 Å². The Bertz CT molecular complexity index is 932. The molecule has 0 bridgehead atoms. The molecule has 0 saturated carbocycles. The first-order valence-electron chi connectivity index (χ1n) is 9.12. The number of carbonyl (C=O) groups excluding carboxylic acids is 1. The van der Waals surface area contributed by atoms with E-state index in [0.29, 0.717) is 30.6 Å². The fourth-order valence-electron chi connectivity index (χ4n) is 2.68. The number of aryl methyl sites for hydroxylation is 2. The molecule has 0 fully saturated rings. The van der Waals surface area contributed by atoms with Crippen LogP contribution in [0, 0.1) is 6.92 Å². The molecule has 3 aromatic rings. The molecular formula is C19H24N6O3. The van der Waals surface area contributed by atoms with Gasteiger partial charge < -0.3 is 14.1 Å². The summed E-state index contributed by atoms with van der Waals surface area (Å²) in [4.78, 5) is 14.4. The monoisotopic (exact) mass is 384 g/mol. The Hall–Kier alpha value is -3.36. The lowest BCUT2D eigenvalue weighted by molar-refractivity contribution is 0.205. The summed E-state index contributed by atoms with van der Waals surface area (Å²) in [5.41, 5.74) is 1.61. The van der Waals surface area contributed by atoms with Crippen LogP contribution in [-0.2, 0) is 13.0 Å². The molecule has 0 aliphatic rings. The van der Waals surface area contributed by atoms with E-state index in [4.69, 9.17) is 9.15 Å². The number of hydrogen-bond donors (Lipinski definition) is 1. The van der Waals surface area contributed by atoms with Crippen molar-refractivity contribution < 1.29 is 13.9 Å². The van der Waals surface area contributed by atoms with Crippen LogP contribution in [0.4, 0.5) is 10.6 Å². The molecule has 2 aromatic heterocycles. The van der Waals surface area contributed by atoms with Crippen LogP contribution in [0.5, 0.6) is 5.75 Å². The van der Waals surface area contributed by atoms with Crippen LogP contribution in [0.3, 0.4) is 0 Å². The average molecular weight is 384 g/mol. The van der Waals surface area contributed by atoms with Gasteiger partial charge in [-0.25, -0.2) is 9.48 Å². The van der Waals surface area contributed by atoms with E-state index in [1.165, 1.54) is 0 Å². The van der Waals surface area contributed by atoms with Crippen LogP contribution in [0.25, 0.3) is 5.69 Å². The number of nitrogens with one attached hydrogen (secondary N) is 1. The summed E-state index contributed by atoms with van der Waals surface area (Å²) in [6, 6.07) is 8.99. The quantitative estimate of drug-likeness (QED) is 0.672. The zero-order valence-corrected chi connectivity index (χ0v) is 16.5. The minimum atomic E-state index is -0.270. The highest BCUT2D eigenvalue weighted by Gasteiger charge is 2.18. The number of hydrogen-bond acceptors (Lipinski definition) is 6. The van der Waals surface area contributed by atoms with Crippen molar-refractivity contribution in [2.24, 2.45) is 0 Å². The van der Waals surface area contributed by atoms with Crippen molar-refractivity contribution in [2.45, 2.75) is 33.7 Å². The van der Waals surface area contributed by atoms with E-state index in [0.717, 1.165) is 17.1 Å². The zero-order chi connectivity index (χ0) is 20.1. The maximum absolute atomic E-state index is 12.8. The Kier molecular flexibility index (Phi) is 5.93. The second-order valence-corrected chi connectivity index (χ2v) is 6.17. The molecule has 3 rings (SSSR count). The third-order valence-electron chi connectivity index (χ3n) is 4.19. The van der Waals surface area contributed by atoms with Crippen molar-refractivity contribution in [1.29, 1.82) is 0 Å². The summed E-state index contributed by atoms with van der Waals surface area (Å²) in [5.74, 6) is 2.29. The number of urea groups is 1. The Morgan fingerprint density at radius 3 is 2.54 bits per heavy atom. The van der Waals surface area contributed by atoms with E-state index in [1.807, 2.05) is 51.1 Å². The van der Waals surface area contributed by atoms with Crippen LogP contribution in [0.1, 0.15) is 31.3 Å². The van der Waals surface area contributed by atoms with E-state index < -0.39 is 0 Å². The summed E-state index contributed by atoms with van der Waals surface area (Å²) < 4.78 is 12.4. The van der Waals surface area contributed by atoms with Gasteiger partial charge in [0.15, 0.2) is 0 Å². The molecule has 148 valence electrons. The van der Waals surface area contributed by atoms with Crippen molar-refractivity contribution in [3.8, 4) is 11.4 Å². The molecule has 0 saturated heterocycles. The molecule has 0 aliphatic carbocycles. The standard InChI is InChI=1S/C19H24N6O3/c1-5-17-21-22-18(28-17)12-24(6-2)19(26)20-16-11-13(3)23-25(16)14-7-9-15(27-4)10-8-14/h7-11H,5-6,12H2,1-4H3,(H,20,26). The Morgan fingerprint density at radius 2 is 1.93 bits per heavy atom. The Morgan fingerprint density at radius 1 is 1.21 bits per heavy atom. The van der Waals surface area contributed by atoms with Gasteiger partial charge in [-0.3, -0.25) is 5.32 Å². The third-order valence-corrected chi connectivity index (χ3v) is 4.19. The summed E-state index contributed by atoms with van der Waals surface area (Å²) in [6.45, 7) is 6.43. The second kappa shape index (κ2) is 8.55. The van der Waals surface area contributed by atoms with Gasteiger partial charge in [-0.1, -0.05) is 6.92 Å². The van der Waals surface area contributed by atoms with Crippen LogP contribution >= 0.6 is 0 Å². The van der Waals surface area contributed by atoms with Gasteiger partial charge in [0.05, 0.1) is 18.5 Å². The van der Waals surface area contributed by atoms with Crippen molar-refractivity contribution in [1.82, 2.24) is 24.9 Å². The average Bonchev–Trinajstić information content (AvgIpc) is 3.32. The van der Waals surface area contributed by atoms with Gasteiger partial charge in [0.2, 0.25) is 11.8 Å². The summed E-state index contributed by atoms with van der Waals surface area (Å²) in [7, 11) is 1.62. The van der Waals surface area contributed by atoms with Gasteiger partial charge >= 0.3 is 6.03 Å². The first-order valence-corrected chi connectivity index (χ1v) is 9.12. The number of amides is 2. The van der Waals surface area contributed by atoms with Crippen molar-refractivity contribution in [3.05, 3.63) is 47.8 Å². The summed E-state index contributed by atoms with van der Waals surface area (Å²) in [6.07, 6.45) is 0.658. The molecule has 0 atom stereocenters. The van der Waals surface area contributed by atoms with Crippen molar-refractivity contribution in [2.75, 3.05) is 19.0 Å². The van der Waals surface area contributed by atoms with Crippen LogP contribution in [-0.4, -0.2) is 44.6 Å². The first-order chi connectivity index (χ1) is 13.5. The number of benzene rings is 1. The maximum atomic E-state index is 12.8. The van der Waals surface area contributed by atoms with Gasteiger partial charge in [0.25, 0.3) is 0 Å². The Balaban J connectivity index is 1.76. The van der Waals surface area contributed by atoms with Gasteiger partial charge in [-0.05, 0) is 38.1 Å². The van der Waals surface area contributed by atoms with Crippen LogP contribution in [0.2, 0.25) is 0 Å². The van der Waals surface area contributed by atoms with Gasteiger partial charge in [-0.2, -0.15) is 5.10 Å². The third kappa shape index (κ3) is 4.30. The number of aromatic nitrogens is 4. The molecule has 2 heterocycles. The van der Waals surface area contributed by atoms with Gasteiger partial charge in [0, 0.05) is 19.0 Å². The largest absolute Gasteiger partial charge is 0.497 e. The highest BCUT2D eigenvalue weighted by molar-refractivity contribution is 5.88. The molecule has 0 unspecified atom stereocenters. The minimum Gasteiger partial charge on any atom is -0.497 e. The van der Waals surface area contributed by atoms with E-state index in [-0.39, 0.29) is 12.6 Å². The minimum absolute atomic E-state index is 0.241. The lowest BCUT2D eigenvalue weighted by Gasteiger charge is -2.19. The molecular weight excluding hydrogens is 360 g/mol. The highest BCUT2D eigenvalue weighted by atomic mass is 16.5. The van der Waals surface area contributed by atoms with Crippen LogP contribution < -0.4 is 10.1 Å². The topological polar surface area (TPSA) is 98.3 Å². The van der Waals surface area contributed by atoms with E-state index >= 15 is 0 Å². The molecule has 1 N–H and O–H groups in total. The van der Waals surface area contributed by atoms with Crippen molar-refractivity contribution in [3.63, 3.8) is 0 Å². The molecule has 0 aliphatic heterocycles. The number of methoxy groups -OCH3 is 1. The predicted molar refractivity (Wildman–Crippen MR) is 104 cm³/mol. The molecule has 0 radical (unpaired) electrons. The highest BCUT2D eigenvalue weighted by Crippen LogP contribution is 2.20. The number of anilines is 1. The Labute approximate surface area is 163 Å². The number of ether oxygens (including phenoxy) is 1. The fraction of sp³-hybridized carbons (Fsp3) is 0.368. The van der Waals surface area contributed by atoms with E-state index in [1.54, 1.807) is 16.7 Å². The SMILES string of the molecule is CCc1nnc(CN(CC)C(=O)Nc2cc(C)nn2-c2ccc(OC)cc2)o1. The first kappa shape index (κ1) is 19.4. The normalized spacial score (nSPS) is 10.7. The summed E-state index contributed by atoms with van der Waals surface area (Å²) in [5, 5.41) is 15.3. The van der Waals surface area contributed by atoms with E-state index in [2.05, 4.69) is 20.6 Å². The second-order valence-electron chi connectivity index (χ2n) is 6.17. The molecule has 28 heavy (non-hydrogen) atoms. The van der Waals surface area contributed by atoms with Crippen LogP contribution in [0.15, 0.2) is 34.7 Å². The smallest absolute Gasteiger partial charge is 0.323 e. The molecule has 0 spiro atoms. The maximum Gasteiger partial charge on any atom is 0.323 e. The zero-order valence-electron chi connectivity index (χ0n) is 16.5. The molecule has 9 heteroatoms. The lowest BCUT2D eigenvalue weighted by atomic mass is 10.3. The molecule has 9 nitrogen and oxygen atoms in total. The lowest BCUT2D eigenvalue weighted by Crippen LogP contribution is -2.35. The predicted octanol–water partition coefficient (Wildman–Crippen LogP) is 3.19. The molecule has 1 aromatic carbocycles. The van der Waals surface area contributed by atoms with E-state index in [9.17, 15) is 4.79 Å². The number of rotatable bonds is 7. The number of nitrogens with zero attached hydrogens (tertiary/aromatic N) is 5. The molecule has 2 amide bonds. The summed E-state index contributed by atoms with van der Waals surface area (Å²) >= 11 is 0. The number of carbonyl (C=O) groups is 1. The van der Waals surface area contributed by atoms with Gasteiger partial charge in [0.1, 0.15) is 18.1 Å². The fourth-order valence-corrected chi connectivity index (χ4v) is 2.68. The van der Waals surface area contributed by atoms with Gasteiger partial charge in [-0.15, -0.1) is 10.2 Å².